The fourth-order valence-electron chi connectivity index (χ4n) is 3.28. The van der Waals surface area contributed by atoms with Gasteiger partial charge in [-0.05, 0) is 17.2 Å². The van der Waals surface area contributed by atoms with Gasteiger partial charge in [0.1, 0.15) is 18.4 Å². The third-order valence-corrected chi connectivity index (χ3v) is 5.09. The van der Waals surface area contributed by atoms with E-state index in [4.69, 9.17) is 14.2 Å². The standard InChI is InChI=1S/C27H28N2O6/c1-33-24-15-9-8-14-22(24)17-28-25(30)19-34-26(31)23(16-20-10-4-2-5-11-20)29-27(32)35-18-21-12-6-3-7-13-21/h2-15,23H,16-19H2,1H3,(H,28,30)(H,29,32)/t23-/m0/s1. The Bertz CT molecular complexity index is 1100. The molecule has 0 saturated heterocycles. The molecule has 35 heavy (non-hydrogen) atoms. The van der Waals surface area contributed by atoms with Crippen LogP contribution < -0.4 is 15.4 Å². The number of amides is 2. The van der Waals surface area contributed by atoms with Gasteiger partial charge in [0.2, 0.25) is 0 Å². The van der Waals surface area contributed by atoms with Crippen molar-refractivity contribution in [3.63, 3.8) is 0 Å². The fourth-order valence-corrected chi connectivity index (χ4v) is 3.28. The lowest BCUT2D eigenvalue weighted by atomic mass is 10.1. The number of benzene rings is 3. The number of carbonyl (C=O) groups excluding carboxylic acids is 3. The first-order chi connectivity index (χ1) is 17.0. The van der Waals surface area contributed by atoms with Gasteiger partial charge in [0, 0.05) is 18.5 Å². The fraction of sp³-hybridized carbons (Fsp3) is 0.222. The van der Waals surface area contributed by atoms with Gasteiger partial charge in [0.25, 0.3) is 5.91 Å². The molecule has 0 aliphatic heterocycles. The summed E-state index contributed by atoms with van der Waals surface area (Å²) in [7, 11) is 1.55. The van der Waals surface area contributed by atoms with Crippen molar-refractivity contribution in [1.82, 2.24) is 10.6 Å². The highest BCUT2D eigenvalue weighted by atomic mass is 16.6. The predicted molar refractivity (Wildman–Crippen MR) is 129 cm³/mol. The van der Waals surface area contributed by atoms with E-state index in [2.05, 4.69) is 10.6 Å². The average Bonchev–Trinajstić information content (AvgIpc) is 2.90. The number of alkyl carbamates (subject to hydrolysis) is 1. The molecule has 0 unspecified atom stereocenters. The molecule has 0 bridgehead atoms. The van der Waals surface area contributed by atoms with E-state index in [0.29, 0.717) is 5.75 Å². The molecule has 0 radical (unpaired) electrons. The number of carbonyl (C=O) groups is 3. The number of para-hydroxylation sites is 1. The van der Waals surface area contributed by atoms with Crippen LogP contribution in [-0.2, 0) is 38.6 Å². The molecule has 182 valence electrons. The third kappa shape index (κ3) is 8.51. The van der Waals surface area contributed by atoms with Crippen LogP contribution in [0.3, 0.4) is 0 Å². The van der Waals surface area contributed by atoms with Gasteiger partial charge in [-0.2, -0.15) is 0 Å². The number of rotatable bonds is 11. The summed E-state index contributed by atoms with van der Waals surface area (Å²) in [6.45, 7) is -0.205. The lowest BCUT2D eigenvalue weighted by Gasteiger charge is -2.18. The topological polar surface area (TPSA) is 103 Å². The van der Waals surface area contributed by atoms with E-state index in [1.54, 1.807) is 13.2 Å². The van der Waals surface area contributed by atoms with Crippen LogP contribution in [0, 0.1) is 0 Å². The molecule has 0 aromatic heterocycles. The highest BCUT2D eigenvalue weighted by molar-refractivity contribution is 5.85. The van der Waals surface area contributed by atoms with Gasteiger partial charge < -0.3 is 24.8 Å². The van der Waals surface area contributed by atoms with Gasteiger partial charge in [-0.3, -0.25) is 4.79 Å². The van der Waals surface area contributed by atoms with Gasteiger partial charge in [0.05, 0.1) is 7.11 Å². The molecular weight excluding hydrogens is 448 g/mol. The van der Waals surface area contributed by atoms with Gasteiger partial charge in [-0.15, -0.1) is 0 Å². The summed E-state index contributed by atoms with van der Waals surface area (Å²) in [5.74, 6) is -0.571. The van der Waals surface area contributed by atoms with Gasteiger partial charge >= 0.3 is 12.1 Å². The Balaban J connectivity index is 1.54. The molecule has 0 saturated carbocycles. The van der Waals surface area contributed by atoms with Crippen molar-refractivity contribution < 1.29 is 28.6 Å². The van der Waals surface area contributed by atoms with E-state index in [-0.39, 0.29) is 19.6 Å². The minimum atomic E-state index is -1.03. The first-order valence-corrected chi connectivity index (χ1v) is 11.1. The summed E-state index contributed by atoms with van der Waals surface area (Å²) in [6.07, 6.45) is -0.574. The Kier molecular flexibility index (Phi) is 9.68. The second-order valence-electron chi connectivity index (χ2n) is 7.64. The van der Waals surface area contributed by atoms with Gasteiger partial charge in [-0.1, -0.05) is 78.9 Å². The number of hydrogen-bond donors (Lipinski definition) is 2. The zero-order chi connectivity index (χ0) is 24.9. The summed E-state index contributed by atoms with van der Waals surface area (Å²) in [4.78, 5) is 37.3. The Morgan fingerprint density at radius 3 is 2.11 bits per heavy atom. The van der Waals surface area contributed by atoms with Crippen LogP contribution in [0.2, 0.25) is 0 Å². The Morgan fingerprint density at radius 2 is 1.43 bits per heavy atom. The quantitative estimate of drug-likeness (QED) is 0.411. The van der Waals surface area contributed by atoms with Crippen LogP contribution >= 0.6 is 0 Å². The van der Waals surface area contributed by atoms with E-state index in [0.717, 1.165) is 16.7 Å². The minimum Gasteiger partial charge on any atom is -0.496 e. The van der Waals surface area contributed by atoms with Crippen molar-refractivity contribution >= 4 is 18.0 Å². The number of methoxy groups -OCH3 is 1. The maximum Gasteiger partial charge on any atom is 0.408 e. The van der Waals surface area contributed by atoms with Gasteiger partial charge in [0.15, 0.2) is 6.61 Å². The van der Waals surface area contributed by atoms with Crippen LogP contribution in [0.15, 0.2) is 84.9 Å². The summed E-state index contributed by atoms with van der Waals surface area (Å²) < 4.78 is 15.7. The SMILES string of the molecule is COc1ccccc1CNC(=O)COC(=O)[C@H](Cc1ccccc1)NC(=O)OCc1ccccc1. The van der Waals surface area contributed by atoms with Crippen molar-refractivity contribution in [3.8, 4) is 5.75 Å². The van der Waals surface area contributed by atoms with Crippen LogP contribution in [-0.4, -0.2) is 37.7 Å². The molecule has 8 heteroatoms. The van der Waals surface area contributed by atoms with Crippen LogP contribution in [0.25, 0.3) is 0 Å². The predicted octanol–water partition coefficient (Wildman–Crippen LogP) is 3.39. The maximum atomic E-state index is 12.7. The molecule has 3 aromatic carbocycles. The van der Waals surface area contributed by atoms with Crippen molar-refractivity contribution in [2.45, 2.75) is 25.6 Å². The molecule has 3 rings (SSSR count). The number of esters is 1. The van der Waals surface area contributed by atoms with Crippen molar-refractivity contribution in [2.24, 2.45) is 0 Å². The molecule has 0 heterocycles. The van der Waals surface area contributed by atoms with Gasteiger partial charge in [-0.25, -0.2) is 9.59 Å². The summed E-state index contributed by atoms with van der Waals surface area (Å²) >= 11 is 0. The molecule has 2 N–H and O–H groups in total. The Hall–Kier alpha value is -4.33. The maximum absolute atomic E-state index is 12.7. The number of ether oxygens (including phenoxy) is 3. The zero-order valence-electron chi connectivity index (χ0n) is 19.4. The second-order valence-corrected chi connectivity index (χ2v) is 7.64. The van der Waals surface area contributed by atoms with Crippen LogP contribution in [0.4, 0.5) is 4.79 Å². The molecule has 2 amide bonds. The molecule has 1 atom stereocenters. The monoisotopic (exact) mass is 476 g/mol. The van der Waals surface area contributed by atoms with E-state index >= 15 is 0 Å². The molecule has 0 aliphatic rings. The van der Waals surface area contributed by atoms with Crippen molar-refractivity contribution in [1.29, 1.82) is 0 Å². The molecule has 0 aliphatic carbocycles. The summed E-state index contributed by atoms with van der Waals surface area (Å²) in [5.41, 5.74) is 2.43. The highest BCUT2D eigenvalue weighted by Gasteiger charge is 2.24. The third-order valence-electron chi connectivity index (χ3n) is 5.09. The molecule has 8 nitrogen and oxygen atoms in total. The normalized spacial score (nSPS) is 11.1. The van der Waals surface area contributed by atoms with E-state index in [1.807, 2.05) is 78.9 Å². The van der Waals surface area contributed by atoms with E-state index in [9.17, 15) is 14.4 Å². The Labute approximate surface area is 204 Å². The second kappa shape index (κ2) is 13.4. The van der Waals surface area contributed by atoms with E-state index in [1.165, 1.54) is 0 Å². The lowest BCUT2D eigenvalue weighted by Crippen LogP contribution is -2.44. The molecule has 3 aromatic rings. The van der Waals surface area contributed by atoms with E-state index < -0.39 is 30.6 Å². The highest BCUT2D eigenvalue weighted by Crippen LogP contribution is 2.16. The number of hydrogen-bond acceptors (Lipinski definition) is 6. The lowest BCUT2D eigenvalue weighted by molar-refractivity contribution is -0.150. The smallest absolute Gasteiger partial charge is 0.408 e. The first kappa shape index (κ1) is 25.3. The largest absolute Gasteiger partial charge is 0.496 e. The number of nitrogens with one attached hydrogen (secondary N) is 2. The molecule has 0 fully saturated rings. The zero-order valence-corrected chi connectivity index (χ0v) is 19.4. The summed E-state index contributed by atoms with van der Waals surface area (Å²) in [6, 6.07) is 24.6. The minimum absolute atomic E-state index is 0.0606. The Morgan fingerprint density at radius 1 is 0.800 bits per heavy atom. The van der Waals surface area contributed by atoms with Crippen LogP contribution in [0.5, 0.6) is 5.75 Å². The first-order valence-electron chi connectivity index (χ1n) is 11.1. The summed E-state index contributed by atoms with van der Waals surface area (Å²) in [5, 5.41) is 5.24. The molecular formula is C27H28N2O6. The molecule has 0 spiro atoms. The van der Waals surface area contributed by atoms with Crippen molar-refractivity contribution in [2.75, 3.05) is 13.7 Å². The van der Waals surface area contributed by atoms with Crippen LogP contribution in [0.1, 0.15) is 16.7 Å². The van der Waals surface area contributed by atoms with Crippen molar-refractivity contribution in [3.05, 3.63) is 102 Å². The average molecular weight is 477 g/mol.